The lowest BCUT2D eigenvalue weighted by Crippen LogP contribution is -3.61. The molecule has 12 aromatic rings. The minimum Gasteiger partial charge on any atom is -0.508 e. The van der Waals surface area contributed by atoms with Crippen LogP contribution in [0, 0.1) is 200 Å². The van der Waals surface area contributed by atoms with Crippen LogP contribution in [0.15, 0.2) is 162 Å². The van der Waals surface area contributed by atoms with Crippen molar-refractivity contribution in [3.63, 3.8) is 0 Å². The Morgan fingerprint density at radius 2 is 0.339 bits per heavy atom. The molecule has 0 bridgehead atoms. The zero-order chi connectivity index (χ0) is 94.7. The third-order valence-electron chi connectivity index (χ3n) is 19.5. The van der Waals surface area contributed by atoms with Gasteiger partial charge in [-0.2, -0.15) is 0 Å². The van der Waals surface area contributed by atoms with Gasteiger partial charge in [0.25, 0.3) is 0 Å². The molecule has 0 saturated carbocycles. The number of ether oxygens (including phenoxy) is 1. The Hall–Kier alpha value is -12.5. The summed E-state index contributed by atoms with van der Waals surface area (Å²) < 4.78 is 514. The lowest BCUT2D eigenvalue weighted by atomic mass is 9.12. The third-order valence-corrected chi connectivity index (χ3v) is 24.9. The highest BCUT2D eigenvalue weighted by atomic mass is 127. The molecule has 12 rings (SSSR count). The van der Waals surface area contributed by atoms with Gasteiger partial charge in [-0.3, -0.25) is 0 Å². The van der Waals surface area contributed by atoms with Crippen molar-refractivity contribution in [2.45, 2.75) is 0 Å². The molecule has 0 fully saturated rings. The molecule has 658 valence electrons. The van der Waals surface area contributed by atoms with Gasteiger partial charge in [-0.1, -0.05) is 138 Å². The number of hydrogen-bond donors (Lipinski definition) is 1. The van der Waals surface area contributed by atoms with E-state index < -0.39 is 287 Å². The van der Waals surface area contributed by atoms with E-state index in [0.29, 0.717) is 5.75 Å². The zero-order valence-corrected chi connectivity index (χ0v) is 67.8. The second-order valence-electron chi connectivity index (χ2n) is 25.9. The van der Waals surface area contributed by atoms with Crippen molar-refractivity contribution in [3.05, 3.63) is 407 Å². The number of aromatic hydroxyl groups is 1. The largest absolute Gasteiger partial charge is 0.508 e. The summed E-state index contributed by atoms with van der Waals surface area (Å²) in [6.07, 6.45) is -13.3. The number of methoxy groups -OCH3 is 1. The quantitative estimate of drug-likeness (QED) is 0.0336. The maximum absolute atomic E-state index is 16.1. The summed E-state index contributed by atoms with van der Waals surface area (Å²) >= 11 is -0.140. The van der Waals surface area contributed by atoms with Crippen molar-refractivity contribution in [3.8, 4) is 11.5 Å². The Balaban J connectivity index is 0.000000217. The van der Waals surface area contributed by atoms with Gasteiger partial charge >= 0.3 is 42.4 Å². The predicted molar refractivity (Wildman–Crippen MR) is 408 cm³/mol. The molecule has 12 aromatic carbocycles. The molecule has 0 saturated heterocycles. The van der Waals surface area contributed by atoms with E-state index in [-0.39, 0.29) is 91.0 Å². The molecule has 0 aliphatic carbocycles. The molecule has 0 amide bonds. The molecule has 0 atom stereocenters. The van der Waals surface area contributed by atoms with E-state index in [1.807, 2.05) is 30.3 Å². The Labute approximate surface area is 718 Å². The van der Waals surface area contributed by atoms with Crippen LogP contribution in [0.3, 0.4) is 0 Å². The number of rotatable bonds is 21. The molecule has 127 heavy (non-hydrogen) atoms. The minimum atomic E-state index is -6.71. The van der Waals surface area contributed by atoms with Gasteiger partial charge in [0, 0.05) is 0 Å². The van der Waals surface area contributed by atoms with E-state index in [2.05, 4.69) is 119 Å². The Kier molecular flexibility index (Phi) is 30.6. The summed E-state index contributed by atoms with van der Waals surface area (Å²) in [5.74, 6) is -93.7. The van der Waals surface area contributed by atoms with Gasteiger partial charge in [0.15, 0.2) is 107 Å². The molecule has 0 heterocycles. The molecule has 38 heteroatoms. The zero-order valence-electron chi connectivity index (χ0n) is 63.5. The van der Waals surface area contributed by atoms with Crippen LogP contribution in [-0.4, -0.2) is 24.5 Å². The Morgan fingerprint density at radius 3 is 0.472 bits per heavy atom. The summed E-state index contributed by atoms with van der Waals surface area (Å²) in [5, 5.41) is 9.13. The lowest BCUT2D eigenvalue weighted by Gasteiger charge is -2.45. The molecule has 0 aromatic heterocycles. The molecular weight excluding hydrogens is 1980 g/mol. The topological polar surface area (TPSA) is 29.5 Å². The van der Waals surface area contributed by atoms with Crippen molar-refractivity contribution in [1.29, 1.82) is 0 Å². The van der Waals surface area contributed by atoms with Crippen LogP contribution >= 0.6 is 0 Å². The van der Waals surface area contributed by atoms with Gasteiger partial charge < -0.3 is 9.84 Å². The van der Waals surface area contributed by atoms with Gasteiger partial charge in [-0.05, 0) is 72.8 Å². The highest BCUT2D eigenvalue weighted by molar-refractivity contribution is 7.21. The Bertz CT molecular complexity index is 5370. The SMILES string of the molecule is C=Cc1c(F)c(F)c([B-](c2c(F)c(F)c(C=C)c(F)c2F)(c2c(F)c(F)c(C=C)c(F)c2F)c2c(F)c(F)c(C=C)c(F)c2F)c(F)c1F.C=Cc1c(F)c(F)c([B-](c2c(F)c(F)c(C=C)c(F)c2F)(c2c(F)c(F)c(C=C)c(F)c2F)c2c(F)c(F)c(C=C)c(F)c2F)c(F)c1F.COc1ccc([I+]c2ccccc2)cc1.Oc1ccc([I+]c2ccccc2)cc1. The van der Waals surface area contributed by atoms with Crippen molar-refractivity contribution >= 4 is 105 Å². The van der Waals surface area contributed by atoms with E-state index in [9.17, 15) is 0 Å². The van der Waals surface area contributed by atoms with Crippen molar-refractivity contribution in [2.75, 3.05) is 7.11 Å². The van der Waals surface area contributed by atoms with Gasteiger partial charge in [-0.25, -0.2) is 140 Å². The first kappa shape index (κ1) is 98.3. The third kappa shape index (κ3) is 16.8. The van der Waals surface area contributed by atoms with Gasteiger partial charge in [0.1, 0.15) is 117 Å². The fourth-order valence-electron chi connectivity index (χ4n) is 13.9. The summed E-state index contributed by atoms with van der Waals surface area (Å²) in [6, 6.07) is 36.9. The second kappa shape index (κ2) is 39.6. The van der Waals surface area contributed by atoms with Crippen molar-refractivity contribution in [2.24, 2.45) is 0 Å². The van der Waals surface area contributed by atoms with Crippen molar-refractivity contribution < 1.29 is 193 Å². The molecule has 0 aliphatic rings. The predicted octanol–water partition coefficient (Wildman–Crippen LogP) is 15.1. The molecule has 0 unspecified atom stereocenters. The highest BCUT2D eigenvalue weighted by Crippen LogP contribution is 2.37. The van der Waals surface area contributed by atoms with E-state index in [1.165, 1.54) is 14.3 Å². The van der Waals surface area contributed by atoms with Gasteiger partial charge in [0.2, 0.25) is 0 Å². The van der Waals surface area contributed by atoms with Crippen LogP contribution in [0.25, 0.3) is 48.6 Å². The Morgan fingerprint density at radius 1 is 0.205 bits per heavy atom. The minimum absolute atomic E-state index is 0.0213. The number of benzene rings is 12. The molecule has 0 aliphatic heterocycles. The monoisotopic (exact) mass is 2030 g/mol. The van der Waals surface area contributed by atoms with E-state index in [0.717, 1.165) is 5.75 Å². The van der Waals surface area contributed by atoms with Crippen molar-refractivity contribution in [1.82, 2.24) is 0 Å². The van der Waals surface area contributed by atoms with Gasteiger partial charge in [-0.15, -0.1) is 43.7 Å². The summed E-state index contributed by atoms with van der Waals surface area (Å²) in [6.45, 7) is 22.6. The highest BCUT2D eigenvalue weighted by Gasteiger charge is 2.55. The van der Waals surface area contributed by atoms with E-state index in [1.54, 1.807) is 19.2 Å². The van der Waals surface area contributed by atoms with Crippen LogP contribution in [0.2, 0.25) is 0 Å². The number of phenols is 1. The lowest BCUT2D eigenvalue weighted by molar-refractivity contribution is -0.597. The average molecular weight is 2030 g/mol. The summed E-state index contributed by atoms with van der Waals surface area (Å²) in [7, 11) is 1.70. The number of phenolic OH excluding ortho intramolecular Hbond substituents is 1. The molecular formula is C89H46B2F32I2O2. The normalized spacial score (nSPS) is 11.2. The van der Waals surface area contributed by atoms with Crippen LogP contribution in [-0.2, 0) is 0 Å². The maximum Gasteiger partial charge on any atom is 0.357 e. The molecule has 2 nitrogen and oxygen atoms in total. The van der Waals surface area contributed by atoms with Crippen LogP contribution in [0.4, 0.5) is 140 Å². The standard InChI is InChI=1S/2C32H12BF16.C13H12IO.C12H9IO/c2*1-5-9-17(34)25(42)13(26(43)18(9)35)33(14-27(44)19(36)10(6-2)20(37)28(14)45,15-29(46)21(38)11(7-3)22(39)30(15)47)16-31(48)23(40)12(8-4)24(41)32(16)49;1-15-13-9-7-12(8-10-13)14-11-5-3-2-4-6-11;14-12-8-6-11(7-9-12)13-10-4-2-1-3-5-10/h2*5-8H,1-4H2;2-10H,1H3;1-9H/q2*-1;+1;/p+1. The van der Waals surface area contributed by atoms with Crippen LogP contribution in [0.5, 0.6) is 11.5 Å². The van der Waals surface area contributed by atoms with Crippen LogP contribution < -0.4 is 90.8 Å². The van der Waals surface area contributed by atoms with Crippen LogP contribution in [0.1, 0.15) is 44.5 Å². The first-order valence-corrected chi connectivity index (χ1v) is 39.3. The van der Waals surface area contributed by atoms with E-state index in [4.69, 9.17) is 9.84 Å². The second-order valence-corrected chi connectivity index (χ2v) is 32.0. The molecule has 0 radical (unpaired) electrons. The summed E-state index contributed by atoms with van der Waals surface area (Å²) in [5.41, 5.74) is -39.3. The van der Waals surface area contributed by atoms with Gasteiger partial charge in [0.05, 0.1) is 51.6 Å². The van der Waals surface area contributed by atoms with E-state index >= 15 is 140 Å². The number of halogens is 34. The number of hydrogen-bond acceptors (Lipinski definition) is 2. The molecule has 1 N–H and O–H groups in total. The average Bonchev–Trinajstić information content (AvgIpc) is 0.683. The molecule has 0 spiro atoms. The fourth-order valence-corrected chi connectivity index (χ4v) is 18.3. The first-order chi connectivity index (χ1) is 59.9. The summed E-state index contributed by atoms with van der Waals surface area (Å²) in [4.78, 5) is 0. The maximum atomic E-state index is 16.1. The fraction of sp³-hybridized carbons (Fsp3) is 0.0112. The first-order valence-electron chi connectivity index (χ1n) is 35.0. The smallest absolute Gasteiger partial charge is 0.357 e.